The van der Waals surface area contributed by atoms with Crippen LogP contribution in [0.25, 0.3) is 22.0 Å². The van der Waals surface area contributed by atoms with Crippen LogP contribution in [0.15, 0.2) is 77.8 Å². The van der Waals surface area contributed by atoms with E-state index in [0.717, 1.165) is 10.8 Å². The van der Waals surface area contributed by atoms with Crippen LogP contribution >= 0.6 is 23.2 Å². The minimum atomic E-state index is -4.01. The summed E-state index contributed by atoms with van der Waals surface area (Å²) in [5, 5.41) is 2.23. The summed E-state index contributed by atoms with van der Waals surface area (Å²) in [6.45, 7) is 0. The number of carbonyl (C=O) groups excluding carboxylic acids is 1. The van der Waals surface area contributed by atoms with Crippen molar-refractivity contribution in [2.75, 3.05) is 11.8 Å². The number of anilines is 1. The van der Waals surface area contributed by atoms with Gasteiger partial charge in [0.2, 0.25) is 0 Å². The van der Waals surface area contributed by atoms with E-state index in [4.69, 9.17) is 23.2 Å². The monoisotopic (exact) mass is 486 g/mol. The van der Waals surface area contributed by atoms with Crippen molar-refractivity contribution in [1.82, 2.24) is 4.98 Å². The molecule has 3 aromatic carbocycles. The Bertz CT molecular complexity index is 1450. The molecule has 0 saturated heterocycles. The summed E-state index contributed by atoms with van der Waals surface area (Å²) in [5.74, 6) is -0.578. The van der Waals surface area contributed by atoms with Crippen LogP contribution in [0.2, 0.25) is 10.0 Å². The average molecular weight is 487 g/mol. The number of hydrogen-bond donors (Lipinski definition) is 1. The molecule has 9 heteroatoms. The molecule has 1 heterocycles. The molecule has 6 nitrogen and oxygen atoms in total. The smallest absolute Gasteiger partial charge is 0.337 e. The molecule has 0 aliphatic rings. The molecule has 32 heavy (non-hydrogen) atoms. The van der Waals surface area contributed by atoms with Crippen molar-refractivity contribution in [1.29, 1.82) is 0 Å². The molecular formula is C23H16Cl2N2O4S. The molecule has 0 aliphatic carbocycles. The summed E-state index contributed by atoms with van der Waals surface area (Å²) in [7, 11) is -2.77. The van der Waals surface area contributed by atoms with Crippen molar-refractivity contribution in [3.05, 3.63) is 88.5 Å². The first-order valence-corrected chi connectivity index (χ1v) is 11.6. The number of pyridine rings is 1. The lowest BCUT2D eigenvalue weighted by molar-refractivity contribution is 0.0600. The van der Waals surface area contributed by atoms with Gasteiger partial charge in [0.15, 0.2) is 0 Å². The fourth-order valence-electron chi connectivity index (χ4n) is 3.23. The molecule has 162 valence electrons. The standard InChI is InChI=1S/C23H16Cl2N2O4S/c1-31-23(28)15-6-9-21(20(25)12-15)27-32(29,30)16-7-8-19(24)18(13-16)22-17-5-3-2-4-14(17)10-11-26-22/h2-13,27H,1H3. The average Bonchev–Trinajstić information content (AvgIpc) is 2.79. The Morgan fingerprint density at radius 2 is 1.75 bits per heavy atom. The lowest BCUT2D eigenvalue weighted by Gasteiger charge is -2.13. The maximum atomic E-state index is 13.1. The van der Waals surface area contributed by atoms with E-state index in [1.54, 1.807) is 6.20 Å². The van der Waals surface area contributed by atoms with Gasteiger partial charge < -0.3 is 4.74 Å². The van der Waals surface area contributed by atoms with Gasteiger partial charge in [-0.2, -0.15) is 0 Å². The van der Waals surface area contributed by atoms with E-state index < -0.39 is 16.0 Å². The highest BCUT2D eigenvalue weighted by Gasteiger charge is 2.20. The zero-order valence-corrected chi connectivity index (χ0v) is 19.0. The van der Waals surface area contributed by atoms with Crippen LogP contribution in [0.1, 0.15) is 10.4 Å². The van der Waals surface area contributed by atoms with Crippen LogP contribution in [-0.4, -0.2) is 26.5 Å². The number of hydrogen-bond acceptors (Lipinski definition) is 5. The van der Waals surface area contributed by atoms with Crippen molar-refractivity contribution in [3.63, 3.8) is 0 Å². The van der Waals surface area contributed by atoms with E-state index in [1.807, 2.05) is 30.3 Å². The van der Waals surface area contributed by atoms with E-state index in [1.165, 1.54) is 43.5 Å². The largest absolute Gasteiger partial charge is 0.465 e. The van der Waals surface area contributed by atoms with Crippen molar-refractivity contribution in [2.45, 2.75) is 4.90 Å². The van der Waals surface area contributed by atoms with Gasteiger partial charge >= 0.3 is 5.97 Å². The molecule has 0 atom stereocenters. The Labute approximate surface area is 194 Å². The van der Waals surface area contributed by atoms with E-state index >= 15 is 0 Å². The van der Waals surface area contributed by atoms with Crippen molar-refractivity contribution >= 4 is 55.7 Å². The maximum absolute atomic E-state index is 13.1. The normalized spacial score (nSPS) is 11.3. The minimum absolute atomic E-state index is 0.0141. The Balaban J connectivity index is 1.74. The predicted octanol–water partition coefficient (Wildman–Crippen LogP) is 5.80. The van der Waals surface area contributed by atoms with Gasteiger partial charge in [0, 0.05) is 17.1 Å². The van der Waals surface area contributed by atoms with Gasteiger partial charge in [-0.15, -0.1) is 0 Å². The van der Waals surface area contributed by atoms with Gasteiger partial charge in [-0.25, -0.2) is 13.2 Å². The maximum Gasteiger partial charge on any atom is 0.337 e. The number of methoxy groups -OCH3 is 1. The van der Waals surface area contributed by atoms with Gasteiger partial charge in [-0.3, -0.25) is 9.71 Å². The van der Waals surface area contributed by atoms with E-state index in [-0.39, 0.29) is 21.2 Å². The number of rotatable bonds is 5. The molecule has 0 spiro atoms. The minimum Gasteiger partial charge on any atom is -0.465 e. The van der Waals surface area contributed by atoms with E-state index in [0.29, 0.717) is 16.3 Å². The van der Waals surface area contributed by atoms with Gasteiger partial charge in [-0.1, -0.05) is 47.5 Å². The van der Waals surface area contributed by atoms with Gasteiger partial charge in [-0.05, 0) is 47.9 Å². The summed E-state index contributed by atoms with van der Waals surface area (Å²) < 4.78 is 33.2. The highest BCUT2D eigenvalue weighted by atomic mass is 35.5. The second-order valence-electron chi connectivity index (χ2n) is 6.81. The van der Waals surface area contributed by atoms with E-state index in [2.05, 4.69) is 14.4 Å². The fraction of sp³-hybridized carbons (Fsp3) is 0.0435. The second kappa shape index (κ2) is 8.78. The summed E-state index contributed by atoms with van der Waals surface area (Å²) >= 11 is 12.6. The molecule has 0 bridgehead atoms. The zero-order chi connectivity index (χ0) is 22.9. The number of sulfonamides is 1. The number of carbonyl (C=O) groups is 1. The molecule has 4 aromatic rings. The SMILES string of the molecule is COC(=O)c1ccc(NS(=O)(=O)c2ccc(Cl)c(-c3nccc4ccccc34)c2)c(Cl)c1. The van der Waals surface area contributed by atoms with Crippen LogP contribution in [0.5, 0.6) is 0 Å². The number of esters is 1. The molecule has 0 saturated carbocycles. The third kappa shape index (κ3) is 4.27. The lowest BCUT2D eigenvalue weighted by Crippen LogP contribution is -2.14. The highest BCUT2D eigenvalue weighted by molar-refractivity contribution is 7.92. The molecule has 0 unspecified atom stereocenters. The number of ether oxygens (including phenoxy) is 1. The van der Waals surface area contributed by atoms with Gasteiger partial charge in [0.05, 0.1) is 39.0 Å². The molecular weight excluding hydrogens is 471 g/mol. The van der Waals surface area contributed by atoms with Crippen molar-refractivity contribution in [3.8, 4) is 11.3 Å². The van der Waals surface area contributed by atoms with Crippen LogP contribution in [0.3, 0.4) is 0 Å². The molecule has 0 fully saturated rings. The van der Waals surface area contributed by atoms with Crippen LogP contribution in [-0.2, 0) is 14.8 Å². The molecule has 1 aromatic heterocycles. The number of halogens is 2. The highest BCUT2D eigenvalue weighted by Crippen LogP contribution is 2.34. The summed E-state index contributed by atoms with van der Waals surface area (Å²) in [6.07, 6.45) is 1.65. The number of nitrogens with zero attached hydrogens (tertiary/aromatic N) is 1. The first kappa shape index (κ1) is 22.1. The zero-order valence-electron chi connectivity index (χ0n) is 16.7. The molecule has 0 amide bonds. The number of benzene rings is 3. The quantitative estimate of drug-likeness (QED) is 0.360. The van der Waals surface area contributed by atoms with Crippen LogP contribution < -0.4 is 4.72 Å². The van der Waals surface area contributed by atoms with E-state index in [9.17, 15) is 13.2 Å². The Morgan fingerprint density at radius 1 is 0.969 bits per heavy atom. The molecule has 4 rings (SSSR count). The summed E-state index contributed by atoms with van der Waals surface area (Å²) in [4.78, 5) is 16.1. The van der Waals surface area contributed by atoms with Crippen LogP contribution in [0, 0.1) is 0 Å². The van der Waals surface area contributed by atoms with Crippen molar-refractivity contribution < 1.29 is 17.9 Å². The van der Waals surface area contributed by atoms with Gasteiger partial charge in [0.1, 0.15) is 0 Å². The van der Waals surface area contributed by atoms with Gasteiger partial charge in [0.25, 0.3) is 10.0 Å². The summed E-state index contributed by atoms with van der Waals surface area (Å²) in [5.41, 5.74) is 1.39. The summed E-state index contributed by atoms with van der Waals surface area (Å²) in [6, 6.07) is 18.0. The fourth-order valence-corrected chi connectivity index (χ4v) is 4.83. The molecule has 0 radical (unpaired) electrons. The second-order valence-corrected chi connectivity index (χ2v) is 9.31. The Kier molecular flexibility index (Phi) is 6.06. The number of aromatic nitrogens is 1. The van der Waals surface area contributed by atoms with Crippen LogP contribution in [0.4, 0.5) is 5.69 Å². The number of fused-ring (bicyclic) bond motifs is 1. The topological polar surface area (TPSA) is 85.4 Å². The predicted molar refractivity (Wildman–Crippen MR) is 126 cm³/mol. The molecule has 1 N–H and O–H groups in total. The molecule has 0 aliphatic heterocycles. The Hall–Kier alpha value is -3.13. The van der Waals surface area contributed by atoms with Crippen molar-refractivity contribution in [2.24, 2.45) is 0 Å². The third-order valence-electron chi connectivity index (χ3n) is 4.81. The number of nitrogens with one attached hydrogen (secondary N) is 1. The first-order valence-electron chi connectivity index (χ1n) is 9.34. The third-order valence-corrected chi connectivity index (χ3v) is 6.82. The first-order chi connectivity index (χ1) is 15.3. The lowest BCUT2D eigenvalue weighted by atomic mass is 10.0. The Morgan fingerprint density at radius 3 is 2.50 bits per heavy atom.